The molecule has 1 aromatic carbocycles. The Hall–Kier alpha value is -1.75. The Morgan fingerprint density at radius 1 is 1.27 bits per heavy atom. The lowest BCUT2D eigenvalue weighted by Gasteiger charge is -2.54. The Kier molecular flexibility index (Phi) is 4.82. The lowest BCUT2D eigenvalue weighted by atomic mass is 9.57. The van der Waals surface area contributed by atoms with Crippen molar-refractivity contribution in [1.82, 2.24) is 10.6 Å². The van der Waals surface area contributed by atoms with E-state index in [9.17, 15) is 0 Å². The molecular weight excluding hydrogens is 326 g/mol. The van der Waals surface area contributed by atoms with Crippen LogP contribution in [0.1, 0.15) is 38.7 Å². The number of nitrogens with one attached hydrogen (secondary N) is 2. The highest BCUT2D eigenvalue weighted by Crippen LogP contribution is 2.52. The Bertz CT molecular complexity index is 669. The van der Waals surface area contributed by atoms with Crippen molar-refractivity contribution >= 4 is 5.96 Å². The topological polar surface area (TPSA) is 54.9 Å². The summed E-state index contributed by atoms with van der Waals surface area (Å²) in [5, 5.41) is 7.10. The molecule has 2 N–H and O–H groups in total. The van der Waals surface area contributed by atoms with E-state index in [1.807, 2.05) is 13.1 Å². The molecule has 0 spiro atoms. The highest BCUT2D eigenvalue weighted by Gasteiger charge is 2.59. The van der Waals surface area contributed by atoms with Crippen LogP contribution in [0.4, 0.5) is 0 Å². The summed E-state index contributed by atoms with van der Waals surface area (Å²) in [5.41, 5.74) is 1.32. The van der Waals surface area contributed by atoms with Crippen molar-refractivity contribution in [3.8, 4) is 5.75 Å². The molecular formula is C21H31N3O2. The predicted molar refractivity (Wildman–Crippen MR) is 103 cm³/mol. The molecule has 1 saturated heterocycles. The molecule has 3 atom stereocenters. The van der Waals surface area contributed by atoms with Gasteiger partial charge in [0.1, 0.15) is 5.75 Å². The summed E-state index contributed by atoms with van der Waals surface area (Å²) in [6, 6.07) is 8.69. The number of fused-ring (bicyclic) bond motifs is 1. The molecule has 4 rings (SSSR count). The minimum atomic E-state index is 0.143. The summed E-state index contributed by atoms with van der Waals surface area (Å²) in [6.07, 6.45) is 4.13. The molecule has 0 radical (unpaired) electrons. The molecule has 0 amide bonds. The first-order chi connectivity index (χ1) is 12.6. The van der Waals surface area contributed by atoms with E-state index in [0.717, 1.165) is 37.3 Å². The Morgan fingerprint density at radius 2 is 2.08 bits per heavy atom. The highest BCUT2D eigenvalue weighted by atomic mass is 16.5. The maximum atomic E-state index is 6.01. The first-order valence-electron chi connectivity index (χ1n) is 9.89. The molecule has 2 aliphatic carbocycles. The van der Waals surface area contributed by atoms with Gasteiger partial charge in [-0.05, 0) is 31.2 Å². The zero-order valence-corrected chi connectivity index (χ0v) is 16.1. The number of para-hydroxylation sites is 1. The third-order valence-corrected chi connectivity index (χ3v) is 6.21. The van der Waals surface area contributed by atoms with Crippen molar-refractivity contribution < 1.29 is 9.47 Å². The number of aliphatic imine (C=N–C) groups is 1. The maximum Gasteiger partial charge on any atom is 0.191 e. The highest BCUT2D eigenvalue weighted by molar-refractivity contribution is 5.80. The maximum absolute atomic E-state index is 6.01. The molecule has 142 valence electrons. The first kappa shape index (κ1) is 17.7. The van der Waals surface area contributed by atoms with Gasteiger partial charge in [-0.15, -0.1) is 0 Å². The monoisotopic (exact) mass is 357 g/mol. The summed E-state index contributed by atoms with van der Waals surface area (Å²) in [4.78, 5) is 4.43. The molecule has 3 fully saturated rings. The van der Waals surface area contributed by atoms with Crippen LogP contribution in [0, 0.1) is 17.3 Å². The fraction of sp³-hybridized carbons (Fsp3) is 0.667. The largest absolute Gasteiger partial charge is 0.493 e. The predicted octanol–water partition coefficient (Wildman–Crippen LogP) is 2.95. The van der Waals surface area contributed by atoms with Gasteiger partial charge in [-0.1, -0.05) is 32.0 Å². The number of ether oxygens (including phenoxy) is 2. The van der Waals surface area contributed by atoms with Crippen molar-refractivity contribution in [3.05, 3.63) is 29.8 Å². The number of nitrogens with zero attached hydrogens (tertiary/aromatic N) is 1. The second-order valence-corrected chi connectivity index (χ2v) is 8.48. The van der Waals surface area contributed by atoms with Crippen LogP contribution in [0.5, 0.6) is 5.75 Å². The quantitative estimate of drug-likeness (QED) is 0.607. The second kappa shape index (κ2) is 7.10. The van der Waals surface area contributed by atoms with Gasteiger partial charge in [0, 0.05) is 43.1 Å². The van der Waals surface area contributed by atoms with Crippen LogP contribution in [-0.2, 0) is 11.3 Å². The van der Waals surface area contributed by atoms with Crippen molar-refractivity contribution in [1.29, 1.82) is 0 Å². The van der Waals surface area contributed by atoms with Crippen LogP contribution >= 0.6 is 0 Å². The third-order valence-electron chi connectivity index (χ3n) is 6.21. The van der Waals surface area contributed by atoms with E-state index in [1.54, 1.807) is 0 Å². The zero-order chi connectivity index (χ0) is 18.1. The number of hydrogen-bond acceptors (Lipinski definition) is 3. The normalized spacial score (nSPS) is 29.7. The van der Waals surface area contributed by atoms with Crippen molar-refractivity contribution in [2.45, 2.75) is 51.8 Å². The average Bonchev–Trinajstić information content (AvgIpc) is 3.36. The zero-order valence-electron chi connectivity index (χ0n) is 16.1. The molecule has 26 heavy (non-hydrogen) atoms. The van der Waals surface area contributed by atoms with Gasteiger partial charge in [0.15, 0.2) is 5.96 Å². The van der Waals surface area contributed by atoms with Crippen LogP contribution in [0.2, 0.25) is 0 Å². The molecule has 1 aromatic rings. The summed E-state index contributed by atoms with van der Waals surface area (Å²) in [5.74, 6) is 3.19. The molecule has 3 aliphatic rings. The van der Waals surface area contributed by atoms with Gasteiger partial charge in [-0.3, -0.25) is 4.99 Å². The standard InChI is InChI=1S/C21H31N3O2/c1-21(2)18(16-10-11-25-19(16)21)24-20(22-3)23-12-15-6-4-5-7-17(15)26-13-14-8-9-14/h4-7,14,16,18-19H,8-13H2,1-3H3,(H2,22,23,24). The molecule has 5 heteroatoms. The van der Waals surface area contributed by atoms with Gasteiger partial charge < -0.3 is 20.1 Å². The lowest BCUT2D eigenvalue weighted by molar-refractivity contribution is -0.106. The van der Waals surface area contributed by atoms with E-state index >= 15 is 0 Å². The number of guanidine groups is 1. The van der Waals surface area contributed by atoms with Crippen LogP contribution in [0.25, 0.3) is 0 Å². The van der Waals surface area contributed by atoms with Crippen LogP contribution in [-0.4, -0.2) is 38.4 Å². The summed E-state index contributed by atoms with van der Waals surface area (Å²) in [7, 11) is 1.83. The summed E-state index contributed by atoms with van der Waals surface area (Å²) < 4.78 is 11.9. The number of rotatable bonds is 6. The average molecular weight is 357 g/mol. The van der Waals surface area contributed by atoms with Gasteiger partial charge in [-0.25, -0.2) is 0 Å². The van der Waals surface area contributed by atoms with E-state index in [0.29, 0.717) is 24.6 Å². The van der Waals surface area contributed by atoms with Crippen molar-refractivity contribution in [2.24, 2.45) is 22.2 Å². The van der Waals surface area contributed by atoms with Crippen molar-refractivity contribution in [2.75, 3.05) is 20.3 Å². The van der Waals surface area contributed by atoms with Gasteiger partial charge in [0.2, 0.25) is 0 Å². The van der Waals surface area contributed by atoms with Gasteiger partial charge in [0.25, 0.3) is 0 Å². The Morgan fingerprint density at radius 3 is 2.85 bits per heavy atom. The lowest BCUT2D eigenvalue weighted by Crippen LogP contribution is -2.67. The minimum absolute atomic E-state index is 0.143. The van der Waals surface area contributed by atoms with Gasteiger partial charge in [-0.2, -0.15) is 0 Å². The molecule has 0 bridgehead atoms. The Labute approximate surface area is 156 Å². The first-order valence-corrected chi connectivity index (χ1v) is 9.89. The fourth-order valence-electron chi connectivity index (χ4n) is 4.42. The van der Waals surface area contributed by atoms with E-state index in [1.165, 1.54) is 18.4 Å². The smallest absolute Gasteiger partial charge is 0.191 e. The number of benzene rings is 1. The van der Waals surface area contributed by atoms with Crippen LogP contribution < -0.4 is 15.4 Å². The van der Waals surface area contributed by atoms with Crippen molar-refractivity contribution in [3.63, 3.8) is 0 Å². The molecule has 3 unspecified atom stereocenters. The van der Waals surface area contributed by atoms with E-state index in [2.05, 4.69) is 47.7 Å². The second-order valence-electron chi connectivity index (χ2n) is 8.48. The van der Waals surface area contributed by atoms with E-state index in [-0.39, 0.29) is 5.41 Å². The molecule has 5 nitrogen and oxygen atoms in total. The summed E-state index contributed by atoms with van der Waals surface area (Å²) >= 11 is 0. The van der Waals surface area contributed by atoms with Gasteiger partial charge >= 0.3 is 0 Å². The summed E-state index contributed by atoms with van der Waals surface area (Å²) in [6.45, 7) is 6.99. The minimum Gasteiger partial charge on any atom is -0.493 e. The molecule has 1 heterocycles. The van der Waals surface area contributed by atoms with Crippen LogP contribution in [0.15, 0.2) is 29.3 Å². The molecule has 1 aliphatic heterocycles. The van der Waals surface area contributed by atoms with Gasteiger partial charge in [0.05, 0.1) is 12.7 Å². The molecule has 2 saturated carbocycles. The van der Waals surface area contributed by atoms with E-state index in [4.69, 9.17) is 9.47 Å². The molecule has 0 aromatic heterocycles. The third kappa shape index (κ3) is 3.41. The van der Waals surface area contributed by atoms with Crippen LogP contribution in [0.3, 0.4) is 0 Å². The van der Waals surface area contributed by atoms with E-state index < -0.39 is 0 Å². The SMILES string of the molecule is CN=C(NCc1ccccc1OCC1CC1)NC1C2CCOC2C1(C)C. The fourth-order valence-corrected chi connectivity index (χ4v) is 4.42. The number of hydrogen-bond donors (Lipinski definition) is 2. The Balaban J connectivity index is 1.34.